The van der Waals surface area contributed by atoms with E-state index in [4.69, 9.17) is 4.42 Å². The Balaban J connectivity index is 2.02. The van der Waals surface area contributed by atoms with Crippen molar-refractivity contribution >= 4 is 11.9 Å². The predicted molar refractivity (Wildman–Crippen MR) is 70.8 cm³/mol. The van der Waals surface area contributed by atoms with Crippen LogP contribution >= 0.6 is 0 Å². The van der Waals surface area contributed by atoms with Crippen LogP contribution in [-0.4, -0.2) is 22.0 Å². The smallest absolute Gasteiger partial charge is 0.307 e. The summed E-state index contributed by atoms with van der Waals surface area (Å²) in [5, 5.41) is 12.0. The third-order valence-corrected chi connectivity index (χ3v) is 3.82. The number of nitrogens with zero attached hydrogens (tertiary/aromatic N) is 1. The van der Waals surface area contributed by atoms with Gasteiger partial charge in [-0.1, -0.05) is 6.92 Å². The fraction of sp³-hybridized carbons (Fsp3) is 0.643. The van der Waals surface area contributed by atoms with E-state index >= 15 is 0 Å². The summed E-state index contributed by atoms with van der Waals surface area (Å²) >= 11 is 0. The number of hydrogen-bond acceptors (Lipinski definition) is 4. The largest absolute Gasteiger partial charge is 0.481 e. The van der Waals surface area contributed by atoms with Crippen molar-refractivity contribution in [2.45, 2.75) is 39.7 Å². The summed E-state index contributed by atoms with van der Waals surface area (Å²) in [6, 6.07) is -0.360. The normalized spacial score (nSPS) is 27.2. The van der Waals surface area contributed by atoms with Crippen molar-refractivity contribution in [2.24, 2.45) is 17.8 Å². The van der Waals surface area contributed by atoms with E-state index in [1.807, 2.05) is 6.92 Å². The first-order valence-corrected chi connectivity index (χ1v) is 6.84. The molecule has 4 unspecified atom stereocenters. The molecule has 0 spiro atoms. The Labute approximate surface area is 117 Å². The molecule has 1 aliphatic carbocycles. The van der Waals surface area contributed by atoms with E-state index in [-0.39, 0.29) is 17.9 Å². The molecule has 1 aromatic heterocycles. The number of carbonyl (C=O) groups excluding carboxylic acids is 1. The summed E-state index contributed by atoms with van der Waals surface area (Å²) in [5.74, 6) is -0.817. The first-order valence-electron chi connectivity index (χ1n) is 6.84. The Bertz CT molecular complexity index is 511. The molecule has 6 nitrogen and oxygen atoms in total. The standard InChI is InChI=1S/C14H20N2O4/c1-7-4-10(11(5-7)14(18)19)12(17)16-9(3)13-15-6-8(2)20-13/h6-7,9-11H,4-5H2,1-3H3,(H,16,17)(H,18,19). The summed E-state index contributed by atoms with van der Waals surface area (Å²) in [6.45, 7) is 5.53. The maximum absolute atomic E-state index is 12.3. The third-order valence-electron chi connectivity index (χ3n) is 3.82. The number of rotatable bonds is 4. The number of aryl methyl sites for hydroxylation is 1. The Morgan fingerprint density at radius 3 is 2.65 bits per heavy atom. The van der Waals surface area contributed by atoms with Crippen LogP contribution in [0.3, 0.4) is 0 Å². The van der Waals surface area contributed by atoms with Gasteiger partial charge in [0.2, 0.25) is 11.8 Å². The van der Waals surface area contributed by atoms with Crippen molar-refractivity contribution in [1.29, 1.82) is 0 Å². The van der Waals surface area contributed by atoms with Gasteiger partial charge in [-0.3, -0.25) is 9.59 Å². The molecule has 0 bridgehead atoms. The van der Waals surface area contributed by atoms with E-state index in [2.05, 4.69) is 10.3 Å². The Morgan fingerprint density at radius 2 is 2.10 bits per heavy atom. The summed E-state index contributed by atoms with van der Waals surface area (Å²) in [6.07, 6.45) is 2.76. The SMILES string of the molecule is Cc1cnc(C(C)NC(=O)C2CC(C)CC2C(=O)O)o1. The highest BCUT2D eigenvalue weighted by Gasteiger charge is 2.41. The average molecular weight is 280 g/mol. The first-order chi connectivity index (χ1) is 9.38. The van der Waals surface area contributed by atoms with Crippen LogP contribution in [0.15, 0.2) is 10.6 Å². The molecule has 20 heavy (non-hydrogen) atoms. The van der Waals surface area contributed by atoms with Crippen molar-refractivity contribution in [1.82, 2.24) is 10.3 Å². The van der Waals surface area contributed by atoms with Crippen LogP contribution in [0.1, 0.15) is 44.4 Å². The zero-order valence-corrected chi connectivity index (χ0v) is 11.9. The quantitative estimate of drug-likeness (QED) is 0.878. The van der Waals surface area contributed by atoms with Crippen molar-refractivity contribution in [3.63, 3.8) is 0 Å². The summed E-state index contributed by atoms with van der Waals surface area (Å²) in [7, 11) is 0. The number of nitrogens with one attached hydrogen (secondary N) is 1. The molecular formula is C14H20N2O4. The molecular weight excluding hydrogens is 260 g/mol. The molecule has 0 aromatic carbocycles. The monoisotopic (exact) mass is 280 g/mol. The molecule has 6 heteroatoms. The molecule has 110 valence electrons. The zero-order chi connectivity index (χ0) is 14.9. The van der Waals surface area contributed by atoms with Gasteiger partial charge in [0.05, 0.1) is 18.0 Å². The first kappa shape index (κ1) is 14.6. The number of carboxylic acids is 1. The molecule has 1 fully saturated rings. The van der Waals surface area contributed by atoms with Gasteiger partial charge in [-0.2, -0.15) is 0 Å². The average Bonchev–Trinajstić information content (AvgIpc) is 2.95. The van der Waals surface area contributed by atoms with Crippen molar-refractivity contribution < 1.29 is 19.1 Å². The number of aliphatic carboxylic acids is 1. The van der Waals surface area contributed by atoms with Crippen LogP contribution < -0.4 is 5.32 Å². The van der Waals surface area contributed by atoms with E-state index in [1.165, 1.54) is 0 Å². The van der Waals surface area contributed by atoms with Crippen LogP contribution in [0.2, 0.25) is 0 Å². The molecule has 1 aliphatic rings. The van der Waals surface area contributed by atoms with Crippen LogP contribution in [0.4, 0.5) is 0 Å². The number of amides is 1. The minimum atomic E-state index is -0.894. The van der Waals surface area contributed by atoms with Crippen LogP contribution in [0, 0.1) is 24.7 Å². The molecule has 0 radical (unpaired) electrons. The number of carbonyl (C=O) groups is 2. The Kier molecular flexibility index (Phi) is 4.11. The lowest BCUT2D eigenvalue weighted by atomic mass is 9.95. The lowest BCUT2D eigenvalue weighted by molar-refractivity contribution is -0.146. The highest BCUT2D eigenvalue weighted by Crippen LogP contribution is 2.36. The fourth-order valence-corrected chi connectivity index (χ4v) is 2.81. The van der Waals surface area contributed by atoms with Crippen LogP contribution in [0.25, 0.3) is 0 Å². The van der Waals surface area contributed by atoms with E-state index in [0.717, 1.165) is 0 Å². The van der Waals surface area contributed by atoms with Gasteiger partial charge in [-0.05, 0) is 32.6 Å². The van der Waals surface area contributed by atoms with Gasteiger partial charge < -0.3 is 14.8 Å². The topological polar surface area (TPSA) is 92.4 Å². The molecule has 0 aliphatic heterocycles. The second-order valence-corrected chi connectivity index (χ2v) is 5.67. The van der Waals surface area contributed by atoms with Crippen molar-refractivity contribution in [3.8, 4) is 0 Å². The summed E-state index contributed by atoms with van der Waals surface area (Å²) in [5.41, 5.74) is 0. The van der Waals surface area contributed by atoms with Gasteiger partial charge in [0.15, 0.2) is 0 Å². The lowest BCUT2D eigenvalue weighted by Gasteiger charge is -2.18. The van der Waals surface area contributed by atoms with Gasteiger partial charge in [0.1, 0.15) is 11.8 Å². The number of aromatic nitrogens is 1. The zero-order valence-electron chi connectivity index (χ0n) is 11.9. The third kappa shape index (κ3) is 3.00. The van der Waals surface area contributed by atoms with Crippen molar-refractivity contribution in [3.05, 3.63) is 17.8 Å². The molecule has 1 amide bonds. The lowest BCUT2D eigenvalue weighted by Crippen LogP contribution is -2.36. The second kappa shape index (κ2) is 5.64. The minimum absolute atomic E-state index is 0.231. The molecule has 2 N–H and O–H groups in total. The van der Waals surface area contributed by atoms with Gasteiger partial charge >= 0.3 is 5.97 Å². The van der Waals surface area contributed by atoms with Gasteiger partial charge in [-0.25, -0.2) is 4.98 Å². The highest BCUT2D eigenvalue weighted by atomic mass is 16.4. The maximum atomic E-state index is 12.3. The van der Waals surface area contributed by atoms with E-state index in [9.17, 15) is 14.7 Å². The molecule has 1 saturated carbocycles. The van der Waals surface area contributed by atoms with Gasteiger partial charge in [-0.15, -0.1) is 0 Å². The van der Waals surface area contributed by atoms with E-state index in [1.54, 1.807) is 20.0 Å². The molecule has 2 rings (SSSR count). The Morgan fingerprint density at radius 1 is 1.45 bits per heavy atom. The van der Waals surface area contributed by atoms with E-state index < -0.39 is 17.8 Å². The van der Waals surface area contributed by atoms with E-state index in [0.29, 0.717) is 24.5 Å². The number of carboxylic acid groups (broad SMARTS) is 1. The van der Waals surface area contributed by atoms with Crippen LogP contribution in [-0.2, 0) is 9.59 Å². The van der Waals surface area contributed by atoms with Crippen LogP contribution in [0.5, 0.6) is 0 Å². The molecule has 1 aromatic rings. The number of hydrogen-bond donors (Lipinski definition) is 2. The van der Waals surface area contributed by atoms with Gasteiger partial charge in [0.25, 0.3) is 0 Å². The van der Waals surface area contributed by atoms with Crippen molar-refractivity contribution in [2.75, 3.05) is 0 Å². The summed E-state index contributed by atoms with van der Waals surface area (Å²) in [4.78, 5) is 27.5. The summed E-state index contributed by atoms with van der Waals surface area (Å²) < 4.78 is 5.36. The Hall–Kier alpha value is -1.85. The fourth-order valence-electron chi connectivity index (χ4n) is 2.81. The maximum Gasteiger partial charge on any atom is 0.307 e. The molecule has 4 atom stereocenters. The number of oxazole rings is 1. The minimum Gasteiger partial charge on any atom is -0.481 e. The predicted octanol–water partition coefficient (Wildman–Crippen LogP) is 1.91. The molecule has 1 heterocycles. The second-order valence-electron chi connectivity index (χ2n) is 5.67. The van der Waals surface area contributed by atoms with Gasteiger partial charge in [0, 0.05) is 0 Å². The highest BCUT2D eigenvalue weighted by molar-refractivity contribution is 5.85. The molecule has 0 saturated heterocycles.